The number of esters is 1. The second-order valence-electron chi connectivity index (χ2n) is 5.36. The molecule has 0 bridgehead atoms. The van der Waals surface area contributed by atoms with Gasteiger partial charge in [0.25, 0.3) is 0 Å². The molecule has 0 aliphatic carbocycles. The second-order valence-corrected chi connectivity index (χ2v) is 5.76. The van der Waals surface area contributed by atoms with Crippen LogP contribution in [0.5, 0.6) is 0 Å². The Morgan fingerprint density at radius 3 is 2.44 bits per heavy atom. The number of anilines is 2. The normalized spacial score (nSPS) is 10.5. The quantitative estimate of drug-likeness (QED) is 0.655. The van der Waals surface area contributed by atoms with Crippen molar-refractivity contribution in [2.24, 2.45) is 0 Å². The molecule has 2 aromatic rings. The van der Waals surface area contributed by atoms with Crippen molar-refractivity contribution in [2.45, 2.75) is 6.92 Å². The van der Waals surface area contributed by atoms with Gasteiger partial charge in [-0.05, 0) is 19.1 Å². The summed E-state index contributed by atoms with van der Waals surface area (Å²) in [5.41, 5.74) is 5.42. The van der Waals surface area contributed by atoms with Gasteiger partial charge in [-0.2, -0.15) is 0 Å². The van der Waals surface area contributed by atoms with Crippen molar-refractivity contribution in [3.63, 3.8) is 0 Å². The molecular weight excluding hydrogens is 351 g/mol. The number of aromatic nitrogens is 2. The smallest absolute Gasteiger partial charge is 0.357 e. The van der Waals surface area contributed by atoms with E-state index < -0.39 is 17.6 Å². The molecule has 0 radical (unpaired) electrons. The molecule has 0 amide bonds. The molecule has 0 fully saturated rings. The summed E-state index contributed by atoms with van der Waals surface area (Å²) in [7, 11) is 4.39. The monoisotopic (exact) mass is 366 g/mol. The molecule has 0 unspecified atom stereocenters. The molecule has 25 heavy (non-hydrogen) atoms. The van der Waals surface area contributed by atoms with E-state index in [0.29, 0.717) is 0 Å². The van der Waals surface area contributed by atoms with Gasteiger partial charge in [-0.3, -0.25) is 4.79 Å². The number of hydrogen-bond donors (Lipinski definition) is 1. The number of ether oxygens (including phenoxy) is 1. The molecule has 1 aromatic carbocycles. The van der Waals surface area contributed by atoms with E-state index in [4.69, 9.17) is 17.3 Å². The van der Waals surface area contributed by atoms with Crippen LogP contribution in [0.25, 0.3) is 11.4 Å². The van der Waals surface area contributed by atoms with E-state index in [1.165, 1.54) is 24.0 Å². The van der Waals surface area contributed by atoms with Gasteiger partial charge in [0.05, 0.1) is 28.9 Å². The number of nitrogens with zero attached hydrogens (tertiary/aromatic N) is 3. The fraction of sp³-hybridized carbons (Fsp3) is 0.250. The number of carbonyl (C=O) groups is 2. The first-order valence-electron chi connectivity index (χ1n) is 7.11. The maximum atomic E-state index is 14.8. The summed E-state index contributed by atoms with van der Waals surface area (Å²) in [4.78, 5) is 33.2. The first-order valence-corrected chi connectivity index (χ1v) is 7.49. The lowest BCUT2D eigenvalue weighted by atomic mass is 10.1. The van der Waals surface area contributed by atoms with Crippen LogP contribution in [0.15, 0.2) is 12.1 Å². The number of nitrogens with two attached hydrogens (primary N) is 1. The van der Waals surface area contributed by atoms with Crippen LogP contribution in [0.2, 0.25) is 5.02 Å². The van der Waals surface area contributed by atoms with E-state index in [1.807, 2.05) is 0 Å². The Morgan fingerprint density at radius 2 is 1.92 bits per heavy atom. The van der Waals surface area contributed by atoms with Crippen LogP contribution in [0.1, 0.15) is 27.8 Å². The Kier molecular flexibility index (Phi) is 5.22. The topological polar surface area (TPSA) is 98.4 Å². The predicted molar refractivity (Wildman–Crippen MR) is 92.5 cm³/mol. The first kappa shape index (κ1) is 18.6. The van der Waals surface area contributed by atoms with Gasteiger partial charge in [-0.25, -0.2) is 19.2 Å². The predicted octanol–water partition coefficient (Wildman–Crippen LogP) is 2.57. The Labute approximate surface area is 148 Å². The number of methoxy groups -OCH3 is 1. The number of hydrogen-bond acceptors (Lipinski definition) is 7. The summed E-state index contributed by atoms with van der Waals surface area (Å²) in [6.07, 6.45) is 0. The van der Waals surface area contributed by atoms with Gasteiger partial charge in [0.2, 0.25) is 0 Å². The van der Waals surface area contributed by atoms with Crippen LogP contribution >= 0.6 is 11.6 Å². The number of ketones is 1. The third-order valence-corrected chi connectivity index (χ3v) is 3.73. The minimum Gasteiger partial charge on any atom is -0.464 e. The van der Waals surface area contributed by atoms with E-state index in [9.17, 15) is 14.0 Å². The number of nitrogen functional groups attached to an aromatic ring is 1. The first-order chi connectivity index (χ1) is 11.7. The summed E-state index contributed by atoms with van der Waals surface area (Å²) in [6, 6.07) is 2.85. The SMILES string of the molecule is COC(=O)c1nc(-c2ccc(Cl)c(N(C)C)c2F)nc(N)c1C(C)=O. The van der Waals surface area contributed by atoms with Gasteiger partial charge in [-0.1, -0.05) is 11.6 Å². The van der Waals surface area contributed by atoms with Crippen molar-refractivity contribution in [3.05, 3.63) is 34.2 Å². The second kappa shape index (κ2) is 7.02. The molecule has 132 valence electrons. The van der Waals surface area contributed by atoms with E-state index in [0.717, 1.165) is 7.11 Å². The van der Waals surface area contributed by atoms with Gasteiger partial charge >= 0.3 is 5.97 Å². The van der Waals surface area contributed by atoms with Crippen molar-refractivity contribution in [1.82, 2.24) is 9.97 Å². The van der Waals surface area contributed by atoms with Crippen molar-refractivity contribution < 1.29 is 18.7 Å². The number of carbonyl (C=O) groups excluding carboxylic acids is 2. The molecule has 9 heteroatoms. The number of Topliss-reactive ketones (excluding diaryl/α,β-unsaturated/α-hetero) is 1. The van der Waals surface area contributed by atoms with Crippen molar-refractivity contribution in [2.75, 3.05) is 31.8 Å². The zero-order valence-electron chi connectivity index (χ0n) is 14.1. The molecule has 2 N–H and O–H groups in total. The van der Waals surface area contributed by atoms with Crippen LogP contribution < -0.4 is 10.6 Å². The Bertz CT molecular complexity index is 871. The summed E-state index contributed by atoms with van der Waals surface area (Å²) in [6.45, 7) is 1.22. The van der Waals surface area contributed by atoms with Crippen LogP contribution in [0.4, 0.5) is 15.9 Å². The lowest BCUT2D eigenvalue weighted by molar-refractivity contribution is 0.0590. The van der Waals surface area contributed by atoms with E-state index in [1.54, 1.807) is 14.1 Å². The third kappa shape index (κ3) is 3.39. The van der Waals surface area contributed by atoms with Crippen LogP contribution in [-0.4, -0.2) is 42.9 Å². The average Bonchev–Trinajstić information content (AvgIpc) is 2.52. The molecule has 0 aliphatic rings. The lowest BCUT2D eigenvalue weighted by Gasteiger charge is -2.17. The van der Waals surface area contributed by atoms with Crippen molar-refractivity contribution in [3.8, 4) is 11.4 Å². The minimum atomic E-state index is -0.872. The van der Waals surface area contributed by atoms with Crippen LogP contribution in [-0.2, 0) is 4.74 Å². The highest BCUT2D eigenvalue weighted by molar-refractivity contribution is 6.33. The average molecular weight is 367 g/mol. The molecule has 1 aromatic heterocycles. The molecule has 0 spiro atoms. The zero-order chi connectivity index (χ0) is 18.9. The lowest BCUT2D eigenvalue weighted by Crippen LogP contribution is -2.17. The maximum absolute atomic E-state index is 14.8. The van der Waals surface area contributed by atoms with Crippen LogP contribution in [0.3, 0.4) is 0 Å². The number of benzene rings is 1. The molecule has 0 atom stereocenters. The Morgan fingerprint density at radius 1 is 1.28 bits per heavy atom. The fourth-order valence-corrected chi connectivity index (χ4v) is 2.63. The van der Waals surface area contributed by atoms with Gasteiger partial charge < -0.3 is 15.4 Å². The molecule has 1 heterocycles. The molecule has 0 aliphatic heterocycles. The van der Waals surface area contributed by atoms with Crippen LogP contribution in [0, 0.1) is 5.82 Å². The standard InChI is InChI=1S/C16H16ClFN4O3/c1-7(23)10-12(16(24)25-4)20-15(21-14(10)19)8-5-6-9(17)13(11(8)18)22(2)3/h5-6H,1-4H3,(H2,19,20,21). The maximum Gasteiger partial charge on any atom is 0.357 e. The molecule has 0 saturated carbocycles. The zero-order valence-corrected chi connectivity index (χ0v) is 14.8. The molecular formula is C16H16ClFN4O3. The van der Waals surface area contributed by atoms with Crippen molar-refractivity contribution >= 4 is 34.9 Å². The third-order valence-electron chi connectivity index (χ3n) is 3.42. The molecule has 0 saturated heterocycles. The highest BCUT2D eigenvalue weighted by Crippen LogP contribution is 2.34. The summed E-state index contributed by atoms with van der Waals surface area (Å²) in [5, 5.41) is 0.202. The highest BCUT2D eigenvalue weighted by atomic mass is 35.5. The largest absolute Gasteiger partial charge is 0.464 e. The Hall–Kier alpha value is -2.74. The number of rotatable bonds is 4. The summed E-state index contributed by atoms with van der Waals surface area (Å²) >= 11 is 6.02. The fourth-order valence-electron chi connectivity index (χ4n) is 2.31. The van der Waals surface area contributed by atoms with Gasteiger partial charge in [-0.15, -0.1) is 0 Å². The van der Waals surface area contributed by atoms with Gasteiger partial charge in [0.15, 0.2) is 23.1 Å². The summed E-state index contributed by atoms with van der Waals surface area (Å²) in [5.74, 6) is -2.44. The number of halogens is 2. The minimum absolute atomic E-state index is 0.0138. The molecule has 7 nitrogen and oxygen atoms in total. The van der Waals surface area contributed by atoms with E-state index >= 15 is 0 Å². The molecule has 2 rings (SSSR count). The van der Waals surface area contributed by atoms with E-state index in [-0.39, 0.29) is 39.2 Å². The van der Waals surface area contributed by atoms with E-state index in [2.05, 4.69) is 14.7 Å². The van der Waals surface area contributed by atoms with Gasteiger partial charge in [0, 0.05) is 14.1 Å². The summed E-state index contributed by atoms with van der Waals surface area (Å²) < 4.78 is 19.5. The Balaban J connectivity index is 2.78. The van der Waals surface area contributed by atoms with Gasteiger partial charge in [0.1, 0.15) is 5.82 Å². The highest BCUT2D eigenvalue weighted by Gasteiger charge is 2.25. The van der Waals surface area contributed by atoms with Crippen molar-refractivity contribution in [1.29, 1.82) is 0 Å².